The first-order chi connectivity index (χ1) is 30.4. The van der Waals surface area contributed by atoms with Crippen LogP contribution in [0.4, 0.5) is 0 Å². The molecule has 6 aromatic carbocycles. The molecule has 6 rings (SSSR count). The van der Waals surface area contributed by atoms with E-state index in [0.29, 0.717) is 24.3 Å². The van der Waals surface area contributed by atoms with E-state index in [9.17, 15) is 10.2 Å². The second-order valence-corrected chi connectivity index (χ2v) is 19.4. The first kappa shape index (κ1) is 48.1. The molecule has 6 heteroatoms. The summed E-state index contributed by atoms with van der Waals surface area (Å²) in [6.45, 7) is 36.8. The molecular formula is C59H68O6. The Morgan fingerprint density at radius 3 is 1.28 bits per heavy atom. The van der Waals surface area contributed by atoms with Crippen LogP contribution in [-0.2, 0) is 29.5 Å². The van der Waals surface area contributed by atoms with Gasteiger partial charge >= 0.3 is 0 Å². The van der Waals surface area contributed by atoms with E-state index in [1.165, 1.54) is 0 Å². The van der Waals surface area contributed by atoms with Gasteiger partial charge in [0.05, 0.1) is 0 Å². The molecule has 0 radical (unpaired) electrons. The van der Waals surface area contributed by atoms with E-state index in [1.807, 2.05) is 90.1 Å². The molecule has 0 atom stereocenters. The number of ether oxygens (including phenoxy) is 4. The lowest BCUT2D eigenvalue weighted by atomic mass is 9.76. The first-order valence-electron chi connectivity index (χ1n) is 22.5. The van der Waals surface area contributed by atoms with Gasteiger partial charge in [-0.2, -0.15) is 0 Å². The average Bonchev–Trinajstić information content (AvgIpc) is 3.22. The zero-order valence-corrected chi connectivity index (χ0v) is 41.1. The monoisotopic (exact) mass is 873 g/mol. The molecule has 2 N–H and O–H groups in total. The van der Waals surface area contributed by atoms with Crippen LogP contribution in [0.25, 0.3) is 0 Å². The minimum Gasteiger partial charge on any atom is -0.507 e. The lowest BCUT2D eigenvalue weighted by Gasteiger charge is -2.33. The topological polar surface area (TPSA) is 77.4 Å². The summed E-state index contributed by atoms with van der Waals surface area (Å²) in [6, 6.07) is 29.0. The summed E-state index contributed by atoms with van der Waals surface area (Å²) in [7, 11) is 0. The summed E-state index contributed by atoms with van der Waals surface area (Å²) in [4.78, 5) is 0. The molecule has 0 saturated carbocycles. The molecular weight excluding hydrogens is 805 g/mol. The van der Waals surface area contributed by atoms with E-state index in [-0.39, 0.29) is 11.2 Å². The van der Waals surface area contributed by atoms with Gasteiger partial charge in [0.15, 0.2) is 0 Å². The molecule has 0 heterocycles. The summed E-state index contributed by atoms with van der Waals surface area (Å²) in [5, 5.41) is 20.6. The van der Waals surface area contributed by atoms with Crippen molar-refractivity contribution >= 4 is 0 Å². The van der Waals surface area contributed by atoms with Crippen LogP contribution >= 0.6 is 0 Å². The lowest BCUT2D eigenvalue weighted by Crippen LogP contribution is -2.28. The van der Waals surface area contributed by atoms with Crippen molar-refractivity contribution in [3.05, 3.63) is 188 Å². The van der Waals surface area contributed by atoms with E-state index < -0.39 is 11.2 Å². The fourth-order valence-electron chi connectivity index (χ4n) is 8.69. The molecule has 0 fully saturated rings. The number of aromatic hydroxyl groups is 2. The van der Waals surface area contributed by atoms with Crippen molar-refractivity contribution in [3.63, 3.8) is 0 Å². The molecule has 0 aliphatic rings. The second kappa shape index (κ2) is 18.6. The smallest absolute Gasteiger partial charge is 0.133 e. The Bertz CT molecular complexity index is 2690. The zero-order chi connectivity index (χ0) is 47.8. The number of rotatable bonds is 16. The van der Waals surface area contributed by atoms with Gasteiger partial charge in [-0.05, 0) is 234 Å². The number of hydrogen-bond acceptors (Lipinski definition) is 6. The SMILES string of the molecule is C=CCc1cc(C(C)(C)c2ccc(OC(C)(C)c3cc(C)c(OC(C)(C)c4cc(C)c(O)c(C)c4)c(C)c3)c(CC=C)c2)ccc1Oc1cc(C)c(Oc2cc(C)c(O)c(C)c2)c(C)c1. The van der Waals surface area contributed by atoms with Crippen molar-refractivity contribution in [1.82, 2.24) is 0 Å². The van der Waals surface area contributed by atoms with E-state index in [0.717, 1.165) is 107 Å². The van der Waals surface area contributed by atoms with Crippen LogP contribution in [0.15, 0.2) is 110 Å². The Morgan fingerprint density at radius 2 is 0.800 bits per heavy atom. The molecule has 65 heavy (non-hydrogen) atoms. The maximum atomic E-state index is 10.4. The maximum Gasteiger partial charge on any atom is 0.133 e. The van der Waals surface area contributed by atoms with Crippen LogP contribution in [0.1, 0.15) is 119 Å². The van der Waals surface area contributed by atoms with Gasteiger partial charge in [-0.25, -0.2) is 0 Å². The van der Waals surface area contributed by atoms with Gasteiger partial charge in [0.1, 0.15) is 57.2 Å². The third kappa shape index (κ3) is 10.3. The first-order valence-corrected chi connectivity index (χ1v) is 22.5. The zero-order valence-electron chi connectivity index (χ0n) is 41.1. The Morgan fingerprint density at radius 1 is 0.431 bits per heavy atom. The van der Waals surface area contributed by atoms with Gasteiger partial charge in [-0.3, -0.25) is 0 Å². The Hall–Kier alpha value is -6.40. The summed E-state index contributed by atoms with van der Waals surface area (Å²) in [5.74, 6) is 5.22. The van der Waals surface area contributed by atoms with Crippen molar-refractivity contribution in [3.8, 4) is 46.0 Å². The van der Waals surface area contributed by atoms with Gasteiger partial charge in [-0.15, -0.1) is 13.2 Å². The van der Waals surface area contributed by atoms with Crippen LogP contribution in [0.3, 0.4) is 0 Å². The fraction of sp³-hybridized carbons (Fsp3) is 0.322. The van der Waals surface area contributed by atoms with Crippen molar-refractivity contribution in [2.45, 2.75) is 126 Å². The molecule has 0 bridgehead atoms. The van der Waals surface area contributed by atoms with Crippen molar-refractivity contribution < 1.29 is 29.2 Å². The van der Waals surface area contributed by atoms with Gasteiger partial charge in [-0.1, -0.05) is 50.3 Å². The van der Waals surface area contributed by atoms with Gasteiger partial charge in [0, 0.05) is 5.41 Å². The summed E-state index contributed by atoms with van der Waals surface area (Å²) in [5.41, 5.74) is 12.0. The third-order valence-corrected chi connectivity index (χ3v) is 12.7. The normalized spacial score (nSPS) is 11.9. The quantitative estimate of drug-likeness (QED) is 0.0944. The molecule has 6 aromatic rings. The van der Waals surface area contributed by atoms with Gasteiger partial charge in [0.25, 0.3) is 0 Å². The molecule has 6 nitrogen and oxygen atoms in total. The van der Waals surface area contributed by atoms with Crippen LogP contribution < -0.4 is 18.9 Å². The molecule has 0 saturated heterocycles. The highest BCUT2D eigenvalue weighted by atomic mass is 16.5. The predicted molar refractivity (Wildman–Crippen MR) is 267 cm³/mol. The van der Waals surface area contributed by atoms with E-state index in [1.54, 1.807) is 0 Å². The highest BCUT2D eigenvalue weighted by Crippen LogP contribution is 2.42. The minimum absolute atomic E-state index is 0.286. The Kier molecular flexibility index (Phi) is 13.8. The van der Waals surface area contributed by atoms with Crippen molar-refractivity contribution in [2.24, 2.45) is 0 Å². The van der Waals surface area contributed by atoms with E-state index in [4.69, 9.17) is 18.9 Å². The van der Waals surface area contributed by atoms with Crippen LogP contribution in [0.5, 0.6) is 46.0 Å². The molecule has 340 valence electrons. The number of phenols is 2. The molecule has 0 amide bonds. The van der Waals surface area contributed by atoms with Crippen molar-refractivity contribution in [2.75, 3.05) is 0 Å². The Balaban J connectivity index is 1.23. The highest BCUT2D eigenvalue weighted by molar-refractivity contribution is 5.54. The number of allylic oxidation sites excluding steroid dienone is 2. The van der Waals surface area contributed by atoms with Crippen LogP contribution in [0, 0.1) is 55.4 Å². The average molecular weight is 873 g/mol. The van der Waals surface area contributed by atoms with Gasteiger partial charge < -0.3 is 29.2 Å². The van der Waals surface area contributed by atoms with Gasteiger partial charge in [0.2, 0.25) is 0 Å². The van der Waals surface area contributed by atoms with E-state index >= 15 is 0 Å². The molecule has 0 spiro atoms. The number of hydrogen-bond donors (Lipinski definition) is 2. The summed E-state index contributed by atoms with van der Waals surface area (Å²) in [6.07, 6.45) is 5.13. The predicted octanol–water partition coefficient (Wildman–Crippen LogP) is 15.6. The second-order valence-electron chi connectivity index (χ2n) is 19.4. The van der Waals surface area contributed by atoms with E-state index in [2.05, 4.69) is 117 Å². The molecule has 0 aliphatic heterocycles. The van der Waals surface area contributed by atoms with Crippen molar-refractivity contribution in [1.29, 1.82) is 0 Å². The fourth-order valence-corrected chi connectivity index (χ4v) is 8.69. The summed E-state index contributed by atoms with van der Waals surface area (Å²) < 4.78 is 26.6. The molecule has 0 unspecified atom stereocenters. The molecule has 0 aliphatic carbocycles. The summed E-state index contributed by atoms with van der Waals surface area (Å²) >= 11 is 0. The highest BCUT2D eigenvalue weighted by Gasteiger charge is 2.31. The van der Waals surface area contributed by atoms with Crippen LogP contribution in [-0.4, -0.2) is 10.2 Å². The maximum absolute atomic E-state index is 10.4. The number of phenolic OH excluding ortho intramolecular Hbond substituents is 2. The standard InChI is InChI=1S/C59H68O6/c1-17-19-43-33-45(21-23-51(43)62-49-31-41(9)55(42(10)32-49)63-50-29-37(5)54(61)38(6)30-50)57(11,12)46-22-24-52(44(34-46)20-18-2)64-58(13,14)48-27-39(7)56(40(8)28-48)65-59(15,16)47-25-35(3)53(60)36(4)26-47/h17-18,21-34,60-61H,1-2,19-20H2,3-16H3. The lowest BCUT2D eigenvalue weighted by molar-refractivity contribution is 0.102. The largest absolute Gasteiger partial charge is 0.507 e. The molecule has 0 aromatic heterocycles. The number of aryl methyl sites for hydroxylation is 8. The third-order valence-electron chi connectivity index (χ3n) is 12.7. The number of benzene rings is 6. The minimum atomic E-state index is -0.660. The Labute approximate surface area is 388 Å². The van der Waals surface area contributed by atoms with Crippen LogP contribution in [0.2, 0.25) is 0 Å².